The van der Waals surface area contributed by atoms with Crippen LogP contribution in [-0.2, 0) is 6.54 Å². The Bertz CT molecular complexity index is 1470. The Morgan fingerprint density at radius 3 is 2.68 bits per heavy atom. The number of carbonyl (C=O) groups is 1. The molecule has 2 N–H and O–H groups in total. The van der Waals surface area contributed by atoms with E-state index in [9.17, 15) is 9.18 Å². The molecule has 0 spiro atoms. The minimum atomic E-state index is -0.311. The summed E-state index contributed by atoms with van der Waals surface area (Å²) in [4.78, 5) is 25.8. The van der Waals surface area contributed by atoms with Gasteiger partial charge in [-0.1, -0.05) is 18.2 Å². The Balaban J connectivity index is 1.37. The van der Waals surface area contributed by atoms with Crippen molar-refractivity contribution < 1.29 is 9.18 Å². The van der Waals surface area contributed by atoms with Gasteiger partial charge in [-0.05, 0) is 55.0 Å². The lowest BCUT2D eigenvalue weighted by atomic mass is 10.1. The van der Waals surface area contributed by atoms with E-state index in [1.165, 1.54) is 12.1 Å². The zero-order chi connectivity index (χ0) is 23.5. The van der Waals surface area contributed by atoms with E-state index in [1.807, 2.05) is 31.2 Å². The highest BCUT2D eigenvalue weighted by Gasteiger charge is 2.13. The number of benzene rings is 2. The molecule has 5 rings (SSSR count). The standard InChI is InChI=1S/C25H20FN7O/c1-16-12-22(33-25(29-16)31-23(32-33)19-5-3-11-27-15-19)30-21-6-2-4-18(13-21)24(34)28-14-17-7-9-20(26)10-8-17/h2-13,15,30H,14H2,1H3,(H,28,34). The van der Waals surface area contributed by atoms with Crippen molar-refractivity contribution in [3.05, 3.63) is 102 Å². The Kier molecular flexibility index (Phi) is 5.65. The summed E-state index contributed by atoms with van der Waals surface area (Å²) in [6.45, 7) is 2.18. The molecule has 168 valence electrons. The van der Waals surface area contributed by atoms with Crippen molar-refractivity contribution in [2.75, 3.05) is 5.32 Å². The molecule has 0 aliphatic heterocycles. The number of hydrogen-bond donors (Lipinski definition) is 2. The van der Waals surface area contributed by atoms with Gasteiger partial charge in [0.1, 0.15) is 11.6 Å². The molecule has 0 atom stereocenters. The minimum absolute atomic E-state index is 0.233. The second-order valence-corrected chi connectivity index (χ2v) is 7.69. The summed E-state index contributed by atoms with van der Waals surface area (Å²) in [5.74, 6) is 1.09. The van der Waals surface area contributed by atoms with E-state index < -0.39 is 0 Å². The number of carbonyl (C=O) groups excluding carboxylic acids is 1. The van der Waals surface area contributed by atoms with Gasteiger partial charge in [0.2, 0.25) is 0 Å². The number of hydrogen-bond acceptors (Lipinski definition) is 6. The van der Waals surface area contributed by atoms with Gasteiger partial charge in [-0.3, -0.25) is 9.78 Å². The fraction of sp³-hybridized carbons (Fsp3) is 0.0800. The van der Waals surface area contributed by atoms with E-state index in [-0.39, 0.29) is 11.7 Å². The third kappa shape index (κ3) is 4.58. The fourth-order valence-corrected chi connectivity index (χ4v) is 3.47. The predicted molar refractivity (Wildman–Crippen MR) is 126 cm³/mol. The van der Waals surface area contributed by atoms with Gasteiger partial charge in [0, 0.05) is 47.5 Å². The lowest BCUT2D eigenvalue weighted by molar-refractivity contribution is 0.0951. The molecule has 0 unspecified atom stereocenters. The molecule has 0 aliphatic rings. The van der Waals surface area contributed by atoms with Crippen molar-refractivity contribution in [1.82, 2.24) is 29.9 Å². The monoisotopic (exact) mass is 453 g/mol. The average Bonchev–Trinajstić information content (AvgIpc) is 3.28. The Morgan fingerprint density at radius 1 is 1.03 bits per heavy atom. The van der Waals surface area contributed by atoms with Crippen molar-refractivity contribution in [2.24, 2.45) is 0 Å². The van der Waals surface area contributed by atoms with Gasteiger partial charge in [-0.25, -0.2) is 9.37 Å². The minimum Gasteiger partial charge on any atom is -0.348 e. The van der Waals surface area contributed by atoms with Gasteiger partial charge in [-0.2, -0.15) is 9.50 Å². The topological polar surface area (TPSA) is 97.1 Å². The van der Waals surface area contributed by atoms with Crippen molar-refractivity contribution in [2.45, 2.75) is 13.5 Å². The summed E-state index contributed by atoms with van der Waals surface area (Å²) < 4.78 is 14.7. The van der Waals surface area contributed by atoms with Crippen LogP contribution in [0.1, 0.15) is 21.6 Å². The molecule has 3 heterocycles. The van der Waals surface area contributed by atoms with Crippen LogP contribution in [0.25, 0.3) is 17.2 Å². The van der Waals surface area contributed by atoms with Crippen LogP contribution in [-0.4, -0.2) is 30.5 Å². The highest BCUT2D eigenvalue weighted by molar-refractivity contribution is 5.95. The molecule has 2 aromatic carbocycles. The number of halogens is 1. The van der Waals surface area contributed by atoms with Crippen molar-refractivity contribution >= 4 is 23.2 Å². The SMILES string of the molecule is Cc1cc(Nc2cccc(C(=O)NCc3ccc(F)cc3)c2)n2nc(-c3cccnc3)nc2n1. The molecule has 0 saturated heterocycles. The summed E-state index contributed by atoms with van der Waals surface area (Å²) in [7, 11) is 0. The smallest absolute Gasteiger partial charge is 0.254 e. The molecule has 0 bridgehead atoms. The number of nitrogens with one attached hydrogen (secondary N) is 2. The van der Waals surface area contributed by atoms with Crippen LogP contribution in [0, 0.1) is 12.7 Å². The lowest BCUT2D eigenvalue weighted by Crippen LogP contribution is -2.22. The number of aromatic nitrogens is 5. The van der Waals surface area contributed by atoms with Gasteiger partial charge in [0.15, 0.2) is 5.82 Å². The van der Waals surface area contributed by atoms with Gasteiger partial charge in [0.05, 0.1) is 0 Å². The van der Waals surface area contributed by atoms with Crippen LogP contribution >= 0.6 is 0 Å². The number of pyridine rings is 1. The van der Waals surface area contributed by atoms with Crippen LogP contribution in [0.5, 0.6) is 0 Å². The Labute approximate surface area is 194 Å². The first-order valence-corrected chi connectivity index (χ1v) is 10.6. The van der Waals surface area contributed by atoms with Crippen LogP contribution in [0.3, 0.4) is 0 Å². The fourth-order valence-electron chi connectivity index (χ4n) is 3.47. The number of nitrogens with zero attached hydrogens (tertiary/aromatic N) is 5. The van der Waals surface area contributed by atoms with Gasteiger partial charge < -0.3 is 10.6 Å². The first-order valence-electron chi connectivity index (χ1n) is 10.6. The zero-order valence-corrected chi connectivity index (χ0v) is 18.2. The molecule has 0 aliphatic carbocycles. The molecule has 5 aromatic rings. The maximum Gasteiger partial charge on any atom is 0.254 e. The van der Waals surface area contributed by atoms with E-state index in [4.69, 9.17) is 0 Å². The number of amides is 1. The number of fused-ring (bicyclic) bond motifs is 1. The van der Waals surface area contributed by atoms with E-state index in [1.54, 1.807) is 47.2 Å². The molecular weight excluding hydrogens is 433 g/mol. The molecular formula is C25H20FN7O. The Morgan fingerprint density at radius 2 is 1.88 bits per heavy atom. The quantitative estimate of drug-likeness (QED) is 0.398. The Hall–Kier alpha value is -4.66. The maximum atomic E-state index is 13.1. The molecule has 34 heavy (non-hydrogen) atoms. The highest BCUT2D eigenvalue weighted by Crippen LogP contribution is 2.21. The van der Waals surface area contributed by atoms with Crippen LogP contribution in [0.4, 0.5) is 15.9 Å². The van der Waals surface area contributed by atoms with Crippen LogP contribution in [0.15, 0.2) is 79.1 Å². The van der Waals surface area contributed by atoms with E-state index in [0.29, 0.717) is 35.2 Å². The lowest BCUT2D eigenvalue weighted by Gasteiger charge is -2.10. The van der Waals surface area contributed by atoms with Crippen LogP contribution < -0.4 is 10.6 Å². The maximum absolute atomic E-state index is 13.1. The van der Waals surface area contributed by atoms with Crippen LogP contribution in [0.2, 0.25) is 0 Å². The summed E-state index contributed by atoms with van der Waals surface area (Å²) in [5, 5.41) is 10.7. The van der Waals surface area contributed by atoms with Crippen molar-refractivity contribution in [3.63, 3.8) is 0 Å². The van der Waals surface area contributed by atoms with Gasteiger partial charge in [0.25, 0.3) is 11.7 Å². The summed E-state index contributed by atoms with van der Waals surface area (Å²) >= 11 is 0. The molecule has 0 fully saturated rings. The van der Waals surface area contributed by atoms with Crippen molar-refractivity contribution in [3.8, 4) is 11.4 Å². The molecule has 3 aromatic heterocycles. The molecule has 1 amide bonds. The third-order valence-electron chi connectivity index (χ3n) is 5.12. The summed E-state index contributed by atoms with van der Waals surface area (Å²) in [6.07, 6.45) is 3.39. The van der Waals surface area contributed by atoms with Gasteiger partial charge in [-0.15, -0.1) is 5.10 Å². The predicted octanol–water partition coefficient (Wildman–Crippen LogP) is 4.31. The zero-order valence-electron chi connectivity index (χ0n) is 18.2. The number of aryl methyl sites for hydroxylation is 1. The molecule has 9 heteroatoms. The first-order chi connectivity index (χ1) is 16.5. The number of rotatable bonds is 6. The molecule has 0 saturated carbocycles. The normalized spacial score (nSPS) is 10.9. The largest absolute Gasteiger partial charge is 0.348 e. The summed E-state index contributed by atoms with van der Waals surface area (Å²) in [5.41, 5.74) is 3.57. The van der Waals surface area contributed by atoms with Crippen molar-refractivity contribution in [1.29, 1.82) is 0 Å². The number of anilines is 2. The van der Waals surface area contributed by atoms with Gasteiger partial charge >= 0.3 is 0 Å². The van der Waals surface area contributed by atoms with E-state index in [2.05, 4.69) is 30.7 Å². The second kappa shape index (κ2) is 9.07. The first kappa shape index (κ1) is 21.2. The molecule has 0 radical (unpaired) electrons. The molecule has 8 nitrogen and oxygen atoms in total. The van der Waals surface area contributed by atoms with E-state index >= 15 is 0 Å². The average molecular weight is 453 g/mol. The second-order valence-electron chi connectivity index (χ2n) is 7.69. The third-order valence-corrected chi connectivity index (χ3v) is 5.12. The van der Waals surface area contributed by atoms with E-state index in [0.717, 1.165) is 16.8 Å². The highest BCUT2D eigenvalue weighted by atomic mass is 19.1. The summed E-state index contributed by atoms with van der Waals surface area (Å²) in [6, 6.07) is 18.7.